The molecule has 0 atom stereocenters. The summed E-state index contributed by atoms with van der Waals surface area (Å²) in [6.07, 6.45) is 1.82. The lowest BCUT2D eigenvalue weighted by molar-refractivity contribution is 0.0925. The molecule has 0 saturated carbocycles. The third-order valence-electron chi connectivity index (χ3n) is 2.94. The molecule has 0 unspecified atom stereocenters. The summed E-state index contributed by atoms with van der Waals surface area (Å²) in [6.45, 7) is 0.338. The zero-order chi connectivity index (χ0) is 15.4. The third-order valence-corrected chi connectivity index (χ3v) is 2.94. The number of aromatic nitrogens is 2. The molecule has 1 amide bonds. The molecule has 3 rings (SSSR count). The van der Waals surface area contributed by atoms with Crippen molar-refractivity contribution in [2.75, 3.05) is 6.54 Å². The fraction of sp³-hybridized carbons (Fsp3) is 0.133. The van der Waals surface area contributed by atoms with E-state index in [9.17, 15) is 9.18 Å². The summed E-state index contributed by atoms with van der Waals surface area (Å²) in [7, 11) is 0. The lowest BCUT2D eigenvalue weighted by Crippen LogP contribution is -2.25. The van der Waals surface area contributed by atoms with Gasteiger partial charge < -0.3 is 14.3 Å². The first-order valence-electron chi connectivity index (χ1n) is 6.62. The van der Waals surface area contributed by atoms with Crippen LogP contribution in [-0.2, 0) is 6.42 Å². The normalized spacial score (nSPS) is 10.6. The second-order valence-corrected chi connectivity index (χ2v) is 4.50. The first-order valence-corrected chi connectivity index (χ1v) is 6.62. The van der Waals surface area contributed by atoms with E-state index in [1.165, 1.54) is 18.4 Å². The lowest BCUT2D eigenvalue weighted by Gasteiger charge is -1.99. The van der Waals surface area contributed by atoms with Gasteiger partial charge in [-0.1, -0.05) is 5.16 Å². The minimum Gasteiger partial charge on any atom is -0.459 e. The van der Waals surface area contributed by atoms with Gasteiger partial charge in [0.15, 0.2) is 5.76 Å². The lowest BCUT2D eigenvalue weighted by atomic mass is 10.2. The Labute approximate surface area is 124 Å². The number of amides is 1. The number of hydrogen-bond donors (Lipinski definition) is 1. The van der Waals surface area contributed by atoms with Crippen molar-refractivity contribution in [3.05, 3.63) is 60.1 Å². The smallest absolute Gasteiger partial charge is 0.286 e. The van der Waals surface area contributed by atoms with Crippen molar-refractivity contribution >= 4 is 5.91 Å². The highest BCUT2D eigenvalue weighted by Gasteiger charge is 2.11. The van der Waals surface area contributed by atoms with Crippen LogP contribution in [0.1, 0.15) is 16.4 Å². The molecule has 0 aliphatic rings. The number of nitrogens with one attached hydrogen (secondary N) is 1. The van der Waals surface area contributed by atoms with Gasteiger partial charge in [-0.25, -0.2) is 4.39 Å². The Morgan fingerprint density at radius 3 is 2.77 bits per heavy atom. The molecule has 1 N–H and O–H groups in total. The van der Waals surface area contributed by atoms with Crippen LogP contribution in [0.15, 0.2) is 51.6 Å². The van der Waals surface area contributed by atoms with E-state index >= 15 is 0 Å². The molecule has 0 bridgehead atoms. The number of hydrogen-bond acceptors (Lipinski definition) is 5. The van der Waals surface area contributed by atoms with Crippen molar-refractivity contribution in [1.82, 2.24) is 15.5 Å². The number of benzene rings is 1. The molecule has 2 aromatic heterocycles. The molecule has 3 aromatic rings. The van der Waals surface area contributed by atoms with Crippen LogP contribution in [-0.4, -0.2) is 22.6 Å². The summed E-state index contributed by atoms with van der Waals surface area (Å²) >= 11 is 0. The van der Waals surface area contributed by atoms with E-state index < -0.39 is 0 Å². The highest BCUT2D eigenvalue weighted by Crippen LogP contribution is 2.16. The Kier molecular flexibility index (Phi) is 3.95. The fourth-order valence-corrected chi connectivity index (χ4v) is 1.85. The van der Waals surface area contributed by atoms with Gasteiger partial charge in [-0.15, -0.1) is 0 Å². The van der Waals surface area contributed by atoms with Crippen LogP contribution < -0.4 is 5.32 Å². The van der Waals surface area contributed by atoms with E-state index in [1.54, 1.807) is 24.3 Å². The molecule has 6 nitrogen and oxygen atoms in total. The van der Waals surface area contributed by atoms with Gasteiger partial charge >= 0.3 is 0 Å². The molecule has 112 valence electrons. The largest absolute Gasteiger partial charge is 0.459 e. The number of nitrogens with zero attached hydrogens (tertiary/aromatic N) is 2. The topological polar surface area (TPSA) is 81.2 Å². The summed E-state index contributed by atoms with van der Waals surface area (Å²) in [5.41, 5.74) is 0.663. The van der Waals surface area contributed by atoms with Crippen LogP contribution in [0.4, 0.5) is 4.39 Å². The van der Waals surface area contributed by atoms with Gasteiger partial charge in [0.2, 0.25) is 11.7 Å². The summed E-state index contributed by atoms with van der Waals surface area (Å²) in [6, 6.07) is 9.02. The Morgan fingerprint density at radius 2 is 2.05 bits per heavy atom. The van der Waals surface area contributed by atoms with Gasteiger partial charge in [0.1, 0.15) is 5.82 Å². The van der Waals surface area contributed by atoms with Crippen molar-refractivity contribution in [2.45, 2.75) is 6.42 Å². The Hall–Kier alpha value is -2.96. The second-order valence-electron chi connectivity index (χ2n) is 4.50. The molecule has 1 aromatic carbocycles. The Morgan fingerprint density at radius 1 is 1.23 bits per heavy atom. The highest BCUT2D eigenvalue weighted by atomic mass is 19.1. The maximum Gasteiger partial charge on any atom is 0.286 e. The average molecular weight is 301 g/mol. The van der Waals surface area contributed by atoms with Crippen molar-refractivity contribution in [2.24, 2.45) is 0 Å². The van der Waals surface area contributed by atoms with Gasteiger partial charge in [-0.05, 0) is 36.4 Å². The van der Waals surface area contributed by atoms with E-state index in [4.69, 9.17) is 8.94 Å². The molecule has 22 heavy (non-hydrogen) atoms. The van der Waals surface area contributed by atoms with Gasteiger partial charge in [0.05, 0.1) is 6.26 Å². The monoisotopic (exact) mass is 301 g/mol. The number of furan rings is 1. The molecule has 0 aliphatic heterocycles. The van der Waals surface area contributed by atoms with Crippen LogP contribution in [0.3, 0.4) is 0 Å². The first kappa shape index (κ1) is 14.0. The second kappa shape index (κ2) is 6.21. The van der Waals surface area contributed by atoms with Crippen LogP contribution in [0.5, 0.6) is 0 Å². The molecular weight excluding hydrogens is 289 g/mol. The zero-order valence-corrected chi connectivity index (χ0v) is 11.5. The van der Waals surface area contributed by atoms with Gasteiger partial charge in [-0.3, -0.25) is 4.79 Å². The highest BCUT2D eigenvalue weighted by molar-refractivity contribution is 5.91. The van der Waals surface area contributed by atoms with Crippen molar-refractivity contribution in [1.29, 1.82) is 0 Å². The molecule has 0 spiro atoms. The zero-order valence-electron chi connectivity index (χ0n) is 11.5. The van der Waals surface area contributed by atoms with Gasteiger partial charge in [0, 0.05) is 18.5 Å². The Balaban J connectivity index is 1.56. The van der Waals surface area contributed by atoms with E-state index in [2.05, 4.69) is 15.5 Å². The van der Waals surface area contributed by atoms with Crippen LogP contribution >= 0.6 is 0 Å². The minimum absolute atomic E-state index is 0.248. The molecule has 7 heteroatoms. The van der Waals surface area contributed by atoms with Gasteiger partial charge in [0.25, 0.3) is 5.91 Å². The first-order chi connectivity index (χ1) is 10.7. The summed E-state index contributed by atoms with van der Waals surface area (Å²) in [5.74, 6) is 0.389. The Bertz CT molecular complexity index is 751. The predicted molar refractivity (Wildman–Crippen MR) is 74.4 cm³/mol. The van der Waals surface area contributed by atoms with Crippen LogP contribution in [0.25, 0.3) is 11.4 Å². The standard InChI is InChI=1S/C15H12FN3O3/c16-11-5-3-10(4-6-11)14-18-13(22-19-14)7-8-17-15(20)12-2-1-9-21-12/h1-6,9H,7-8H2,(H,17,20). The number of carbonyl (C=O) groups excluding carboxylic acids is 1. The third kappa shape index (κ3) is 3.20. The summed E-state index contributed by atoms with van der Waals surface area (Å²) < 4.78 is 22.9. The fourth-order valence-electron chi connectivity index (χ4n) is 1.85. The summed E-state index contributed by atoms with van der Waals surface area (Å²) in [4.78, 5) is 15.8. The van der Waals surface area contributed by atoms with Crippen molar-refractivity contribution in [3.8, 4) is 11.4 Å². The van der Waals surface area contributed by atoms with E-state index in [0.29, 0.717) is 30.2 Å². The number of rotatable bonds is 5. The average Bonchev–Trinajstić information content (AvgIpc) is 3.19. The molecule has 0 saturated heterocycles. The van der Waals surface area contributed by atoms with E-state index in [1.807, 2.05) is 0 Å². The minimum atomic E-state index is -0.326. The van der Waals surface area contributed by atoms with E-state index in [0.717, 1.165) is 0 Å². The molecule has 2 heterocycles. The van der Waals surface area contributed by atoms with Crippen LogP contribution in [0.2, 0.25) is 0 Å². The maximum atomic E-state index is 12.9. The maximum absolute atomic E-state index is 12.9. The van der Waals surface area contributed by atoms with Crippen molar-refractivity contribution < 1.29 is 18.1 Å². The van der Waals surface area contributed by atoms with E-state index in [-0.39, 0.29) is 17.5 Å². The SMILES string of the molecule is O=C(NCCc1nc(-c2ccc(F)cc2)no1)c1ccco1. The molecule has 0 radical (unpaired) electrons. The van der Waals surface area contributed by atoms with Gasteiger partial charge in [-0.2, -0.15) is 4.98 Å². The predicted octanol–water partition coefficient (Wildman–Crippen LogP) is 2.44. The molecule has 0 aliphatic carbocycles. The van der Waals surface area contributed by atoms with Crippen molar-refractivity contribution in [3.63, 3.8) is 0 Å². The summed E-state index contributed by atoms with van der Waals surface area (Å²) in [5, 5.41) is 6.50. The number of halogens is 1. The number of carbonyl (C=O) groups is 1. The molecular formula is C15H12FN3O3. The molecule has 0 fully saturated rings. The quantitative estimate of drug-likeness (QED) is 0.782. The van der Waals surface area contributed by atoms with Crippen LogP contribution in [0, 0.1) is 5.82 Å².